The molecule has 0 aliphatic rings. The lowest BCUT2D eigenvalue weighted by atomic mass is 10.2. The van der Waals surface area contributed by atoms with Gasteiger partial charge in [0.05, 0.1) is 21.2 Å². The van der Waals surface area contributed by atoms with Crippen molar-refractivity contribution in [1.29, 1.82) is 0 Å². The number of sulfonamides is 2. The quantitative estimate of drug-likeness (QED) is 0.203. The van der Waals surface area contributed by atoms with E-state index in [4.69, 9.17) is 0 Å². The fourth-order valence-corrected chi connectivity index (χ4v) is 9.32. The molecule has 4 aromatic rings. The van der Waals surface area contributed by atoms with Gasteiger partial charge in [0.2, 0.25) is 0 Å². The summed E-state index contributed by atoms with van der Waals surface area (Å²) in [5.41, 5.74) is 2.41. The molecule has 10 heteroatoms. The molecular weight excluding hydrogens is 557 g/mol. The van der Waals surface area contributed by atoms with E-state index >= 15 is 0 Å². The number of hydrogen-bond donors (Lipinski definition) is 0. The Labute approximate surface area is 233 Å². The lowest BCUT2D eigenvalue weighted by Crippen LogP contribution is -2.27. The second kappa shape index (κ2) is 11.4. The minimum absolute atomic E-state index is 0.253. The van der Waals surface area contributed by atoms with Crippen molar-refractivity contribution in [1.82, 2.24) is 0 Å². The van der Waals surface area contributed by atoms with E-state index in [1.54, 1.807) is 88.6 Å². The van der Waals surface area contributed by atoms with E-state index in [1.165, 1.54) is 30.2 Å². The standard InChI is InChI=1S/C28H28N2O4S4/c1-21-13-5-11-19-27(21)37(31,32)29(3)23-15-7-9-17-25(23)35-36-26-18-10-8-16-24(26)30(4)38(33,34)28-20-12-6-14-22(28)2/h5-20H,1-4H3. The van der Waals surface area contributed by atoms with Crippen LogP contribution in [0, 0.1) is 13.8 Å². The first kappa shape index (κ1) is 28.1. The summed E-state index contributed by atoms with van der Waals surface area (Å²) in [5, 5.41) is 0. The molecule has 0 N–H and O–H groups in total. The summed E-state index contributed by atoms with van der Waals surface area (Å²) in [7, 11) is -1.72. The van der Waals surface area contributed by atoms with Crippen LogP contribution in [-0.2, 0) is 20.0 Å². The number of rotatable bonds is 9. The van der Waals surface area contributed by atoms with E-state index < -0.39 is 20.0 Å². The van der Waals surface area contributed by atoms with Gasteiger partial charge in [-0.25, -0.2) is 16.8 Å². The highest BCUT2D eigenvalue weighted by atomic mass is 33.1. The number of hydrogen-bond acceptors (Lipinski definition) is 6. The molecule has 4 aromatic carbocycles. The summed E-state index contributed by atoms with van der Waals surface area (Å²) in [5.74, 6) is 0. The molecule has 0 radical (unpaired) electrons. The van der Waals surface area contributed by atoms with Crippen molar-refractivity contribution < 1.29 is 16.8 Å². The van der Waals surface area contributed by atoms with E-state index in [9.17, 15) is 16.8 Å². The van der Waals surface area contributed by atoms with Gasteiger partial charge in [-0.3, -0.25) is 8.61 Å². The maximum atomic E-state index is 13.4. The molecule has 0 saturated heterocycles. The zero-order valence-corrected chi connectivity index (χ0v) is 24.7. The van der Waals surface area contributed by atoms with Gasteiger partial charge >= 0.3 is 0 Å². The van der Waals surface area contributed by atoms with Gasteiger partial charge in [-0.15, -0.1) is 0 Å². The average molecular weight is 585 g/mol. The first-order chi connectivity index (χ1) is 18.0. The zero-order valence-electron chi connectivity index (χ0n) is 21.4. The van der Waals surface area contributed by atoms with Gasteiger partial charge in [0.1, 0.15) is 0 Å². The smallest absolute Gasteiger partial charge is 0.264 e. The van der Waals surface area contributed by atoms with Crippen LogP contribution in [0.4, 0.5) is 11.4 Å². The van der Waals surface area contributed by atoms with Crippen LogP contribution in [0.1, 0.15) is 11.1 Å². The predicted octanol–water partition coefficient (Wildman–Crippen LogP) is 6.75. The number of para-hydroxylation sites is 2. The largest absolute Gasteiger partial charge is 0.268 e. The minimum Gasteiger partial charge on any atom is -0.268 e. The zero-order chi connectivity index (χ0) is 27.5. The van der Waals surface area contributed by atoms with Crippen LogP contribution >= 0.6 is 21.6 Å². The van der Waals surface area contributed by atoms with Crippen LogP contribution in [0.15, 0.2) is 117 Å². The lowest BCUT2D eigenvalue weighted by Gasteiger charge is -2.24. The number of nitrogens with zero attached hydrogens (tertiary/aromatic N) is 2. The number of anilines is 2. The predicted molar refractivity (Wildman–Crippen MR) is 158 cm³/mol. The number of benzene rings is 4. The van der Waals surface area contributed by atoms with Crippen molar-refractivity contribution in [3.63, 3.8) is 0 Å². The van der Waals surface area contributed by atoms with Gasteiger partial charge in [0.15, 0.2) is 0 Å². The molecule has 0 unspecified atom stereocenters. The van der Waals surface area contributed by atoms with Crippen LogP contribution in [0.2, 0.25) is 0 Å². The highest BCUT2D eigenvalue weighted by molar-refractivity contribution is 8.76. The van der Waals surface area contributed by atoms with Crippen LogP contribution in [0.25, 0.3) is 0 Å². The molecule has 0 aromatic heterocycles. The summed E-state index contributed by atoms with van der Waals surface area (Å²) >= 11 is 0. The van der Waals surface area contributed by atoms with Crippen molar-refractivity contribution in [2.24, 2.45) is 0 Å². The third-order valence-corrected chi connectivity index (χ3v) is 12.4. The molecule has 198 valence electrons. The molecule has 0 fully saturated rings. The topological polar surface area (TPSA) is 74.8 Å². The van der Waals surface area contributed by atoms with Crippen molar-refractivity contribution in [3.05, 3.63) is 108 Å². The fourth-order valence-electron chi connectivity index (χ4n) is 3.91. The highest BCUT2D eigenvalue weighted by Crippen LogP contribution is 2.46. The van der Waals surface area contributed by atoms with Crippen molar-refractivity contribution >= 4 is 53.0 Å². The molecule has 0 aliphatic carbocycles. The van der Waals surface area contributed by atoms with Gasteiger partial charge < -0.3 is 0 Å². The van der Waals surface area contributed by atoms with Gasteiger partial charge in [0.25, 0.3) is 20.0 Å². The van der Waals surface area contributed by atoms with E-state index in [0.29, 0.717) is 22.5 Å². The lowest BCUT2D eigenvalue weighted by molar-refractivity contribution is 0.592. The Morgan fingerprint density at radius 3 is 1.18 bits per heavy atom. The Morgan fingerprint density at radius 1 is 0.500 bits per heavy atom. The molecule has 0 atom stereocenters. The summed E-state index contributed by atoms with van der Waals surface area (Å²) in [6, 6.07) is 28.3. The molecule has 4 rings (SSSR count). The third kappa shape index (κ3) is 5.58. The Hall–Kier alpha value is -2.92. The maximum Gasteiger partial charge on any atom is 0.264 e. The minimum atomic E-state index is -3.78. The highest BCUT2D eigenvalue weighted by Gasteiger charge is 2.27. The molecular formula is C28H28N2O4S4. The summed E-state index contributed by atoms with van der Waals surface area (Å²) < 4.78 is 56.3. The molecule has 0 spiro atoms. The molecule has 0 amide bonds. The van der Waals surface area contributed by atoms with Crippen LogP contribution in [-0.4, -0.2) is 30.9 Å². The van der Waals surface area contributed by atoms with Crippen LogP contribution in [0.5, 0.6) is 0 Å². The van der Waals surface area contributed by atoms with Crippen LogP contribution in [0.3, 0.4) is 0 Å². The number of aryl methyl sites for hydroxylation is 2. The molecule has 6 nitrogen and oxygen atoms in total. The molecule has 0 heterocycles. The van der Waals surface area contributed by atoms with Gasteiger partial charge in [0, 0.05) is 23.9 Å². The van der Waals surface area contributed by atoms with E-state index in [1.807, 2.05) is 36.4 Å². The van der Waals surface area contributed by atoms with E-state index in [2.05, 4.69) is 0 Å². The average Bonchev–Trinajstić information content (AvgIpc) is 2.91. The SMILES string of the molecule is Cc1ccccc1S(=O)(=O)N(C)c1ccccc1SSc1ccccc1N(C)S(=O)(=O)c1ccccc1C. The Balaban J connectivity index is 1.63. The van der Waals surface area contributed by atoms with Gasteiger partial charge in [-0.1, -0.05) is 82.3 Å². The second-order valence-corrected chi connectivity index (χ2v) is 14.7. The monoisotopic (exact) mass is 584 g/mol. The normalized spacial score (nSPS) is 11.8. The van der Waals surface area contributed by atoms with Crippen molar-refractivity contribution in [3.8, 4) is 0 Å². The van der Waals surface area contributed by atoms with Gasteiger partial charge in [-0.2, -0.15) is 0 Å². The van der Waals surface area contributed by atoms with Crippen molar-refractivity contribution in [2.45, 2.75) is 33.4 Å². The molecule has 0 aliphatic heterocycles. The molecule has 38 heavy (non-hydrogen) atoms. The summed E-state index contributed by atoms with van der Waals surface area (Å²) in [6.07, 6.45) is 0. The second-order valence-electron chi connectivity index (χ2n) is 8.58. The molecule has 0 saturated carbocycles. The first-order valence-electron chi connectivity index (χ1n) is 11.7. The van der Waals surface area contributed by atoms with E-state index in [-0.39, 0.29) is 9.79 Å². The van der Waals surface area contributed by atoms with E-state index in [0.717, 1.165) is 9.79 Å². The fraction of sp³-hybridized carbons (Fsp3) is 0.143. The summed E-state index contributed by atoms with van der Waals surface area (Å²) in [4.78, 5) is 1.97. The van der Waals surface area contributed by atoms with Crippen molar-refractivity contribution in [2.75, 3.05) is 22.7 Å². The maximum absolute atomic E-state index is 13.4. The Bertz CT molecular complexity index is 1550. The Morgan fingerprint density at radius 2 is 0.816 bits per heavy atom. The van der Waals surface area contributed by atoms with Gasteiger partial charge in [-0.05, 0) is 61.4 Å². The summed E-state index contributed by atoms with van der Waals surface area (Å²) in [6.45, 7) is 3.55. The third-order valence-electron chi connectivity index (χ3n) is 6.09. The van der Waals surface area contributed by atoms with Crippen LogP contribution < -0.4 is 8.61 Å². The molecule has 0 bridgehead atoms. The first-order valence-corrected chi connectivity index (χ1v) is 16.7. The Kier molecular flexibility index (Phi) is 8.46.